The molecule has 0 saturated carbocycles. The normalized spacial score (nSPS) is 12.8. The maximum absolute atomic E-state index is 14.6. The van der Waals surface area contributed by atoms with Crippen molar-refractivity contribution in [3.8, 4) is 11.8 Å². The lowest BCUT2D eigenvalue weighted by Gasteiger charge is -2.33. The number of nitrogens with two attached hydrogens (primary N) is 5. The van der Waals surface area contributed by atoms with Crippen LogP contribution in [0.4, 0.5) is 22.7 Å². The van der Waals surface area contributed by atoms with Gasteiger partial charge in [0.1, 0.15) is 17.8 Å². The number of phenolic OH excluding ortho intramolecular Hbond substituents is 1. The summed E-state index contributed by atoms with van der Waals surface area (Å²) >= 11 is 0. The van der Waals surface area contributed by atoms with E-state index >= 15 is 0 Å². The van der Waals surface area contributed by atoms with Crippen LogP contribution in [0.2, 0.25) is 0 Å². The Kier molecular flexibility index (Phi) is 20.0. The number of hydrogen-bond donors (Lipinski definition) is 20. The highest BCUT2D eigenvalue weighted by Crippen LogP contribution is 2.41. The van der Waals surface area contributed by atoms with Gasteiger partial charge in [0.25, 0.3) is 23.6 Å². The molecule has 3 aromatic rings. The van der Waals surface area contributed by atoms with E-state index < -0.39 is 147 Å². The number of rotatable bonds is 24. The van der Waals surface area contributed by atoms with Crippen LogP contribution in [0.15, 0.2) is 60.7 Å². The number of guanidine groups is 4. The number of carbonyl (C=O) groups is 6. The molecule has 0 saturated heterocycles. The summed E-state index contributed by atoms with van der Waals surface area (Å²) in [7, 11) is 3.28. The molecule has 6 amide bonds. The van der Waals surface area contributed by atoms with Gasteiger partial charge in [-0.25, -0.2) is 0 Å². The fourth-order valence-corrected chi connectivity index (χ4v) is 6.45. The van der Waals surface area contributed by atoms with E-state index in [9.17, 15) is 64.5 Å². The van der Waals surface area contributed by atoms with Crippen molar-refractivity contribution in [3.63, 3.8) is 0 Å². The Balaban J connectivity index is 2.11. The first-order valence-electron chi connectivity index (χ1n) is 20.7. The molecule has 0 aliphatic heterocycles. The SMILES string of the molecule is CN(C)c1ccc(CN(c2c([N+](=O)[O-])cc(C#N)cc2[N+](=O)[O-])C(CO)C(=O)NC(C(=O)NC(NC(=N)N)C(=O)NC(NC(=N)N)C(=O)NC(NC(=N)N)C(=O)NC(NC(=N)N)C(N)=O)c2ccccc2)c(O)c1. The van der Waals surface area contributed by atoms with Crippen LogP contribution in [-0.4, -0.2) is 131 Å². The van der Waals surface area contributed by atoms with Crippen molar-refractivity contribution >= 4 is 82.0 Å². The Bertz CT molecular complexity index is 2720. The fourth-order valence-electron chi connectivity index (χ4n) is 6.45. The van der Waals surface area contributed by atoms with Gasteiger partial charge in [-0.15, -0.1) is 0 Å². The number of nitriles is 1. The second-order valence-electron chi connectivity index (χ2n) is 15.3. The molecule has 0 radical (unpaired) electrons. The third-order valence-corrected chi connectivity index (χ3v) is 9.76. The monoisotopic (exact) mass is 1030 g/mol. The Morgan fingerprint density at radius 3 is 1.46 bits per heavy atom. The number of primary amides is 1. The molecular weight excluding hydrogens is 983 g/mol. The molecule has 0 heterocycles. The summed E-state index contributed by atoms with van der Waals surface area (Å²) < 4.78 is 0. The molecule has 0 aromatic heterocycles. The Hall–Kier alpha value is -10.8. The number of hydrogen-bond acceptors (Lipinski definition) is 19. The summed E-state index contributed by atoms with van der Waals surface area (Å²) in [6.07, 6.45) is -8.36. The number of aromatic hydroxyl groups is 1. The lowest BCUT2D eigenvalue weighted by atomic mass is 10.0. The Labute approximate surface area is 416 Å². The minimum absolute atomic E-state index is 0.0642. The van der Waals surface area contributed by atoms with Crippen molar-refractivity contribution in [1.29, 1.82) is 26.9 Å². The lowest BCUT2D eigenvalue weighted by molar-refractivity contribution is -0.392. The highest BCUT2D eigenvalue weighted by molar-refractivity contribution is 6.00. The smallest absolute Gasteiger partial charge is 0.301 e. The van der Waals surface area contributed by atoms with Gasteiger partial charge in [-0.2, -0.15) is 5.26 Å². The number of phenols is 1. The minimum Gasteiger partial charge on any atom is -0.508 e. The van der Waals surface area contributed by atoms with Crippen molar-refractivity contribution in [2.24, 2.45) is 28.7 Å². The highest BCUT2D eigenvalue weighted by Gasteiger charge is 2.40. The molecule has 0 fully saturated rings. The Morgan fingerprint density at radius 1 is 0.649 bits per heavy atom. The summed E-state index contributed by atoms with van der Waals surface area (Å²) in [4.78, 5) is 107. The highest BCUT2D eigenvalue weighted by atomic mass is 16.6. The summed E-state index contributed by atoms with van der Waals surface area (Å²) in [6, 6.07) is 9.86. The van der Waals surface area contributed by atoms with Gasteiger partial charge in [0, 0.05) is 50.1 Å². The average Bonchev–Trinajstić information content (AvgIpc) is 3.31. The first-order chi connectivity index (χ1) is 34.7. The number of nitro benzene ring substituents is 2. The van der Waals surface area contributed by atoms with Crippen LogP contribution >= 0.6 is 0 Å². The van der Waals surface area contributed by atoms with Gasteiger partial charge in [-0.1, -0.05) is 36.4 Å². The van der Waals surface area contributed by atoms with Crippen LogP contribution in [0.1, 0.15) is 22.7 Å². The van der Waals surface area contributed by atoms with E-state index in [2.05, 4.69) is 16.0 Å². The molecule has 3 rings (SSSR count). The lowest BCUT2D eigenvalue weighted by Crippen LogP contribution is -2.68. The zero-order valence-electron chi connectivity index (χ0n) is 38.8. The van der Waals surface area contributed by atoms with Crippen LogP contribution in [-0.2, 0) is 35.3 Å². The molecule has 25 N–H and O–H groups in total. The van der Waals surface area contributed by atoms with E-state index in [-0.39, 0.29) is 11.1 Å². The first kappa shape index (κ1) is 57.5. The van der Waals surface area contributed by atoms with Crippen LogP contribution in [0.25, 0.3) is 0 Å². The van der Waals surface area contributed by atoms with E-state index in [1.165, 1.54) is 48.5 Å². The molecule has 35 heteroatoms. The van der Waals surface area contributed by atoms with E-state index in [0.29, 0.717) is 22.7 Å². The number of aliphatic hydroxyl groups is 1. The molecule has 3 aromatic carbocycles. The third kappa shape index (κ3) is 15.9. The molecule has 6 unspecified atom stereocenters. The molecule has 74 heavy (non-hydrogen) atoms. The molecule has 0 aliphatic rings. The number of amides is 6. The predicted molar refractivity (Wildman–Crippen MR) is 258 cm³/mol. The van der Waals surface area contributed by atoms with Gasteiger partial charge in [0.2, 0.25) is 11.8 Å². The summed E-state index contributed by atoms with van der Waals surface area (Å²) in [5, 5.41) is 106. The number of benzene rings is 3. The van der Waals surface area contributed by atoms with Crippen LogP contribution in [0, 0.1) is 53.2 Å². The largest absolute Gasteiger partial charge is 0.508 e. The summed E-state index contributed by atoms with van der Waals surface area (Å²) in [5.74, 6) is -12.5. The number of carbonyl (C=O) groups excluding carboxylic acids is 6. The second-order valence-corrected chi connectivity index (χ2v) is 15.3. The topological polar surface area (TPSA) is 593 Å². The van der Waals surface area contributed by atoms with E-state index in [1.54, 1.807) is 25.1 Å². The van der Waals surface area contributed by atoms with Crippen LogP contribution < -0.4 is 86.3 Å². The third-order valence-electron chi connectivity index (χ3n) is 9.76. The number of aliphatic hydroxyl groups excluding tert-OH is 1. The van der Waals surface area contributed by atoms with E-state index in [1.807, 2.05) is 31.9 Å². The van der Waals surface area contributed by atoms with Gasteiger partial charge >= 0.3 is 11.4 Å². The van der Waals surface area contributed by atoms with E-state index in [4.69, 9.17) is 50.3 Å². The first-order valence-corrected chi connectivity index (χ1v) is 20.7. The number of nitrogens with one attached hydrogen (secondary N) is 13. The molecular formula is C39H51N23O12. The van der Waals surface area contributed by atoms with Gasteiger partial charge in [0.15, 0.2) is 54.2 Å². The number of nitrogens with zero attached hydrogens (tertiary/aromatic N) is 5. The van der Waals surface area contributed by atoms with Crippen molar-refractivity contribution in [3.05, 3.63) is 97.6 Å². The van der Waals surface area contributed by atoms with Crippen LogP contribution in [0.3, 0.4) is 0 Å². The van der Waals surface area contributed by atoms with Gasteiger partial charge < -0.3 is 96.5 Å². The summed E-state index contributed by atoms with van der Waals surface area (Å²) in [6.45, 7) is -2.07. The quantitative estimate of drug-likeness (QED) is 0.0130. The maximum atomic E-state index is 14.6. The van der Waals surface area contributed by atoms with Gasteiger partial charge in [-0.3, -0.25) is 70.6 Å². The van der Waals surface area contributed by atoms with Crippen molar-refractivity contribution < 1.29 is 48.8 Å². The number of nitro groups is 2. The molecule has 394 valence electrons. The summed E-state index contributed by atoms with van der Waals surface area (Å²) in [5.41, 5.74) is 23.4. The average molecular weight is 1030 g/mol. The fraction of sp³-hybridized carbons (Fsp3) is 0.256. The van der Waals surface area contributed by atoms with Crippen molar-refractivity contribution in [1.82, 2.24) is 47.9 Å². The second kappa shape index (κ2) is 25.7. The molecule has 0 bridgehead atoms. The molecule has 6 atom stereocenters. The van der Waals surface area contributed by atoms with Crippen molar-refractivity contribution in [2.45, 2.75) is 43.3 Å². The van der Waals surface area contributed by atoms with Crippen molar-refractivity contribution in [2.75, 3.05) is 30.5 Å². The molecule has 0 spiro atoms. The van der Waals surface area contributed by atoms with Crippen LogP contribution in [0.5, 0.6) is 5.75 Å². The molecule has 35 nitrogen and oxygen atoms in total. The predicted octanol–water partition coefficient (Wildman–Crippen LogP) is -6.44. The van der Waals surface area contributed by atoms with Gasteiger partial charge in [-0.05, 0) is 11.6 Å². The minimum atomic E-state index is -2.21. The number of anilines is 2. The van der Waals surface area contributed by atoms with E-state index in [0.717, 1.165) is 0 Å². The standard InChI is InChI=1S/C39H51N23O12/c1-59(2)19-9-8-18(23(64)12-19)14-60(25-20(61(71)72)10-16(13-40)11-21(25)62(73)74)22(15-63)31(66)50-24(17-6-4-3-5-7-17)32(67)52-28(56-37(44)45)34(69)54-30(58-39(48)49)35(70)53-29(57-38(46)47)33(68)51-27(26(41)65)55-36(42)43/h3-12,22,24,27-30,63-64H,14-15H2,1-2H3,(H2,41,65)(H,50,66)(H,51,68)(H,52,67)(H,53,70)(H,54,69)(H4,42,43,55)(H4,44,45,56)(H4,46,47,57)(H4,48,49,58). The zero-order valence-corrected chi connectivity index (χ0v) is 38.8. The van der Waals surface area contributed by atoms with Gasteiger partial charge in [0.05, 0.1) is 28.1 Å². The zero-order chi connectivity index (χ0) is 55.7. The maximum Gasteiger partial charge on any atom is 0.301 e. The molecule has 0 aliphatic carbocycles. The Morgan fingerprint density at radius 2 is 1.08 bits per heavy atom.